The first-order chi connectivity index (χ1) is 6.68. The number of benzene rings is 1. The normalized spacial score (nSPS) is 10.6. The Morgan fingerprint density at radius 3 is 2.79 bits per heavy atom. The Balaban J connectivity index is 2.25. The summed E-state index contributed by atoms with van der Waals surface area (Å²) in [5.74, 6) is 0.784. The van der Waals surface area contributed by atoms with Gasteiger partial charge < -0.3 is 14.9 Å². The van der Waals surface area contributed by atoms with Crippen molar-refractivity contribution in [2.45, 2.75) is 19.1 Å². The van der Waals surface area contributed by atoms with Gasteiger partial charge in [-0.25, -0.2) is 0 Å². The molecule has 0 fully saturated rings. The van der Waals surface area contributed by atoms with Gasteiger partial charge in [0.15, 0.2) is 6.29 Å². The van der Waals surface area contributed by atoms with Gasteiger partial charge in [0.05, 0.1) is 6.61 Å². The quantitative estimate of drug-likeness (QED) is 0.629. The van der Waals surface area contributed by atoms with E-state index in [-0.39, 0.29) is 0 Å². The lowest BCUT2D eigenvalue weighted by atomic mass is 10.3. The molecule has 0 unspecified atom stereocenters. The fourth-order valence-electron chi connectivity index (χ4n) is 1.01. The van der Waals surface area contributed by atoms with E-state index in [0.717, 1.165) is 10.2 Å². The second-order valence-electron chi connectivity index (χ2n) is 2.93. The maximum atomic E-state index is 8.59. The summed E-state index contributed by atoms with van der Waals surface area (Å²) in [5, 5.41) is 17.2. The molecule has 0 atom stereocenters. The van der Waals surface area contributed by atoms with Gasteiger partial charge in [0.2, 0.25) is 0 Å². The van der Waals surface area contributed by atoms with Crippen LogP contribution in [0.5, 0.6) is 5.75 Å². The van der Waals surface area contributed by atoms with Crippen LogP contribution in [0, 0.1) is 0 Å². The van der Waals surface area contributed by atoms with Crippen LogP contribution >= 0.6 is 15.9 Å². The van der Waals surface area contributed by atoms with Gasteiger partial charge >= 0.3 is 0 Å². The molecule has 4 heteroatoms. The van der Waals surface area contributed by atoms with Crippen molar-refractivity contribution in [1.29, 1.82) is 0 Å². The van der Waals surface area contributed by atoms with E-state index >= 15 is 0 Å². The third-order valence-electron chi connectivity index (χ3n) is 1.67. The highest BCUT2D eigenvalue weighted by atomic mass is 79.9. The van der Waals surface area contributed by atoms with Crippen molar-refractivity contribution in [3.8, 4) is 5.75 Å². The van der Waals surface area contributed by atoms with Crippen LogP contribution in [0.1, 0.15) is 12.8 Å². The van der Waals surface area contributed by atoms with Crippen molar-refractivity contribution in [3.63, 3.8) is 0 Å². The first-order valence-corrected chi connectivity index (χ1v) is 5.22. The minimum absolute atomic E-state index is 0.341. The molecule has 1 aromatic rings. The maximum absolute atomic E-state index is 8.59. The van der Waals surface area contributed by atoms with Crippen LogP contribution in [0.2, 0.25) is 0 Å². The molecule has 0 aliphatic rings. The van der Waals surface area contributed by atoms with Crippen LogP contribution in [0.4, 0.5) is 0 Å². The van der Waals surface area contributed by atoms with E-state index in [1.54, 1.807) is 0 Å². The highest BCUT2D eigenvalue weighted by Gasteiger charge is 1.98. The summed E-state index contributed by atoms with van der Waals surface area (Å²) in [5.41, 5.74) is 0. The maximum Gasteiger partial charge on any atom is 0.151 e. The Morgan fingerprint density at radius 2 is 2.14 bits per heavy atom. The molecule has 1 aromatic carbocycles. The van der Waals surface area contributed by atoms with Crippen molar-refractivity contribution in [2.24, 2.45) is 0 Å². The lowest BCUT2D eigenvalue weighted by Crippen LogP contribution is -2.07. The predicted molar refractivity (Wildman–Crippen MR) is 57.1 cm³/mol. The molecule has 3 nitrogen and oxygen atoms in total. The molecular formula is C10H13BrO3. The van der Waals surface area contributed by atoms with Crippen molar-refractivity contribution >= 4 is 15.9 Å². The van der Waals surface area contributed by atoms with E-state index in [4.69, 9.17) is 14.9 Å². The van der Waals surface area contributed by atoms with Crippen LogP contribution in [0.15, 0.2) is 28.7 Å². The standard InChI is InChI=1S/C10H13BrO3/c11-8-3-1-4-9(7-8)14-6-2-5-10(12)13/h1,3-4,7,10,12-13H,2,5-6H2. The molecule has 1 rings (SSSR count). The summed E-state index contributed by atoms with van der Waals surface area (Å²) >= 11 is 3.33. The molecule has 0 aliphatic carbocycles. The first kappa shape index (κ1) is 11.5. The summed E-state index contributed by atoms with van der Waals surface area (Å²) in [6.45, 7) is 0.494. The van der Waals surface area contributed by atoms with Gasteiger partial charge in [-0.2, -0.15) is 0 Å². The molecule has 0 aromatic heterocycles. The third-order valence-corrected chi connectivity index (χ3v) is 2.16. The summed E-state index contributed by atoms with van der Waals surface area (Å²) in [4.78, 5) is 0. The van der Waals surface area contributed by atoms with Crippen molar-refractivity contribution in [2.75, 3.05) is 6.61 Å². The molecule has 0 aliphatic heterocycles. The molecule has 0 saturated carbocycles. The van der Waals surface area contributed by atoms with Gasteiger partial charge in [-0.05, 0) is 24.6 Å². The van der Waals surface area contributed by atoms with Gasteiger partial charge in [0, 0.05) is 10.9 Å². The fraction of sp³-hybridized carbons (Fsp3) is 0.400. The Morgan fingerprint density at radius 1 is 1.36 bits per heavy atom. The molecular weight excluding hydrogens is 248 g/mol. The van der Waals surface area contributed by atoms with Crippen LogP contribution < -0.4 is 4.74 Å². The van der Waals surface area contributed by atoms with Gasteiger partial charge in [-0.3, -0.25) is 0 Å². The SMILES string of the molecule is OC(O)CCCOc1cccc(Br)c1. The van der Waals surface area contributed by atoms with E-state index in [0.29, 0.717) is 19.4 Å². The van der Waals surface area contributed by atoms with Crippen LogP contribution in [0.25, 0.3) is 0 Å². The lowest BCUT2D eigenvalue weighted by molar-refractivity contribution is -0.0479. The number of halogens is 1. The third kappa shape index (κ3) is 4.60. The smallest absolute Gasteiger partial charge is 0.151 e. The van der Waals surface area contributed by atoms with Gasteiger partial charge in [-0.15, -0.1) is 0 Å². The molecule has 0 saturated heterocycles. The van der Waals surface area contributed by atoms with E-state index < -0.39 is 6.29 Å². The molecule has 0 radical (unpaired) electrons. The molecule has 0 heterocycles. The molecule has 2 N–H and O–H groups in total. The number of aliphatic hydroxyl groups is 2. The first-order valence-electron chi connectivity index (χ1n) is 4.43. The molecule has 0 amide bonds. The number of hydrogen-bond acceptors (Lipinski definition) is 3. The average Bonchev–Trinajstić information content (AvgIpc) is 2.12. The zero-order valence-corrected chi connectivity index (χ0v) is 9.27. The zero-order chi connectivity index (χ0) is 10.4. The van der Waals surface area contributed by atoms with Crippen LogP contribution in [-0.4, -0.2) is 23.1 Å². The van der Waals surface area contributed by atoms with E-state index in [1.165, 1.54) is 0 Å². The second kappa shape index (κ2) is 6.01. The Kier molecular flexibility index (Phi) is 4.93. The van der Waals surface area contributed by atoms with E-state index in [9.17, 15) is 0 Å². The van der Waals surface area contributed by atoms with Crippen LogP contribution in [-0.2, 0) is 0 Å². The highest BCUT2D eigenvalue weighted by Crippen LogP contribution is 2.17. The number of rotatable bonds is 5. The number of aliphatic hydroxyl groups excluding tert-OH is 1. The Labute approximate surface area is 91.5 Å². The lowest BCUT2D eigenvalue weighted by Gasteiger charge is -2.06. The number of hydrogen-bond donors (Lipinski definition) is 2. The van der Waals surface area contributed by atoms with Gasteiger partial charge in [0.25, 0.3) is 0 Å². The zero-order valence-electron chi connectivity index (χ0n) is 7.69. The summed E-state index contributed by atoms with van der Waals surface area (Å²) < 4.78 is 6.35. The highest BCUT2D eigenvalue weighted by molar-refractivity contribution is 9.10. The second-order valence-corrected chi connectivity index (χ2v) is 3.84. The van der Waals surface area contributed by atoms with Gasteiger partial charge in [0.1, 0.15) is 5.75 Å². The topological polar surface area (TPSA) is 49.7 Å². The predicted octanol–water partition coefficient (Wildman–Crippen LogP) is 1.92. The minimum Gasteiger partial charge on any atom is -0.494 e. The Hall–Kier alpha value is -0.580. The number of ether oxygens (including phenoxy) is 1. The van der Waals surface area contributed by atoms with Crippen molar-refractivity contribution in [3.05, 3.63) is 28.7 Å². The minimum atomic E-state index is -1.24. The van der Waals surface area contributed by atoms with Gasteiger partial charge in [-0.1, -0.05) is 22.0 Å². The fourth-order valence-corrected chi connectivity index (χ4v) is 1.39. The van der Waals surface area contributed by atoms with Crippen molar-refractivity contribution < 1.29 is 14.9 Å². The average molecular weight is 261 g/mol. The molecule has 0 spiro atoms. The summed E-state index contributed by atoms with van der Waals surface area (Å²) in [7, 11) is 0. The monoisotopic (exact) mass is 260 g/mol. The largest absolute Gasteiger partial charge is 0.494 e. The van der Waals surface area contributed by atoms with E-state index in [1.807, 2.05) is 24.3 Å². The molecule has 14 heavy (non-hydrogen) atoms. The van der Waals surface area contributed by atoms with Crippen LogP contribution in [0.3, 0.4) is 0 Å². The van der Waals surface area contributed by atoms with E-state index in [2.05, 4.69) is 15.9 Å². The molecule has 78 valence electrons. The summed E-state index contributed by atoms with van der Waals surface area (Å²) in [6, 6.07) is 7.54. The van der Waals surface area contributed by atoms with Crippen molar-refractivity contribution in [1.82, 2.24) is 0 Å². The molecule has 0 bridgehead atoms. The Bertz CT molecular complexity index is 276. The summed E-state index contributed by atoms with van der Waals surface area (Å²) in [6.07, 6.45) is -0.265.